The molecule has 2 aromatic heterocycles. The van der Waals surface area contributed by atoms with Crippen molar-refractivity contribution in [1.29, 1.82) is 0 Å². The molecule has 2 aromatic rings. The number of likely N-dealkylation sites (N-methyl/N-ethyl adjacent to an activating group) is 1. The van der Waals surface area contributed by atoms with Crippen LogP contribution in [-0.4, -0.2) is 66.6 Å². The van der Waals surface area contributed by atoms with Gasteiger partial charge in [0.05, 0.1) is 5.69 Å². The molecule has 1 amide bonds. The van der Waals surface area contributed by atoms with Crippen molar-refractivity contribution in [3.8, 4) is 5.69 Å². The summed E-state index contributed by atoms with van der Waals surface area (Å²) < 4.78 is 1.98. The Bertz CT molecular complexity index is 599. The molecule has 0 saturated carbocycles. The van der Waals surface area contributed by atoms with Gasteiger partial charge in [0.1, 0.15) is 4.88 Å². The molecule has 1 aliphatic heterocycles. The third-order valence-corrected chi connectivity index (χ3v) is 4.95. The zero-order chi connectivity index (χ0) is 15.4. The Kier molecular flexibility index (Phi) is 4.92. The first kappa shape index (κ1) is 15.3. The highest BCUT2D eigenvalue weighted by molar-refractivity contribution is 7.12. The maximum atomic E-state index is 12.4. The quantitative estimate of drug-likeness (QED) is 0.909. The largest absolute Gasteiger partial charge is 0.350 e. The Hall–Kier alpha value is -1.63. The first-order valence-electron chi connectivity index (χ1n) is 7.64. The van der Waals surface area contributed by atoms with Crippen LogP contribution >= 0.6 is 11.3 Å². The number of nitrogens with zero attached hydrogens (tertiary/aromatic N) is 3. The fraction of sp³-hybridized carbons (Fsp3) is 0.438. The highest BCUT2D eigenvalue weighted by Gasteiger charge is 2.16. The molecule has 118 valence electrons. The number of carbonyl (C=O) groups is 1. The second-order valence-corrected chi connectivity index (χ2v) is 6.54. The van der Waals surface area contributed by atoms with Gasteiger partial charge in [0, 0.05) is 51.7 Å². The zero-order valence-corrected chi connectivity index (χ0v) is 13.7. The van der Waals surface area contributed by atoms with E-state index in [0.29, 0.717) is 6.54 Å². The van der Waals surface area contributed by atoms with E-state index in [0.717, 1.165) is 43.3 Å². The number of carbonyl (C=O) groups excluding carboxylic acids is 1. The molecule has 0 spiro atoms. The first-order valence-corrected chi connectivity index (χ1v) is 8.52. The predicted molar refractivity (Wildman–Crippen MR) is 89.9 cm³/mol. The summed E-state index contributed by atoms with van der Waals surface area (Å²) in [7, 11) is 2.15. The van der Waals surface area contributed by atoms with Crippen molar-refractivity contribution in [2.75, 3.05) is 46.3 Å². The normalized spacial score (nSPS) is 16.8. The lowest BCUT2D eigenvalue weighted by Gasteiger charge is -2.32. The smallest absolute Gasteiger partial charge is 0.263 e. The molecular formula is C16H22N4OS. The van der Waals surface area contributed by atoms with Crippen molar-refractivity contribution in [1.82, 2.24) is 19.7 Å². The monoisotopic (exact) mass is 318 g/mol. The van der Waals surface area contributed by atoms with Crippen LogP contribution in [0.4, 0.5) is 0 Å². The number of nitrogens with one attached hydrogen (secondary N) is 1. The molecule has 6 heteroatoms. The minimum Gasteiger partial charge on any atom is -0.350 e. The van der Waals surface area contributed by atoms with Gasteiger partial charge in [-0.25, -0.2) is 0 Å². The van der Waals surface area contributed by atoms with Gasteiger partial charge in [0.15, 0.2) is 0 Å². The maximum Gasteiger partial charge on any atom is 0.263 e. The van der Waals surface area contributed by atoms with Gasteiger partial charge < -0.3 is 14.8 Å². The number of thiophene rings is 1. The summed E-state index contributed by atoms with van der Waals surface area (Å²) in [5, 5.41) is 5.01. The molecule has 1 N–H and O–H groups in total. The minimum absolute atomic E-state index is 0.0211. The molecule has 3 rings (SSSR count). The van der Waals surface area contributed by atoms with Gasteiger partial charge in [-0.1, -0.05) is 0 Å². The molecule has 3 heterocycles. The van der Waals surface area contributed by atoms with Gasteiger partial charge in [0.2, 0.25) is 0 Å². The van der Waals surface area contributed by atoms with Gasteiger partial charge in [-0.15, -0.1) is 11.3 Å². The highest BCUT2D eigenvalue weighted by atomic mass is 32.1. The van der Waals surface area contributed by atoms with Crippen LogP contribution in [0.15, 0.2) is 36.0 Å². The van der Waals surface area contributed by atoms with Crippen LogP contribution < -0.4 is 5.32 Å². The van der Waals surface area contributed by atoms with Crippen molar-refractivity contribution < 1.29 is 4.79 Å². The Morgan fingerprint density at radius 3 is 2.68 bits per heavy atom. The van der Waals surface area contributed by atoms with E-state index in [1.54, 1.807) is 0 Å². The van der Waals surface area contributed by atoms with Crippen LogP contribution in [0.5, 0.6) is 0 Å². The van der Waals surface area contributed by atoms with Crippen molar-refractivity contribution >= 4 is 17.2 Å². The Morgan fingerprint density at radius 1 is 1.23 bits per heavy atom. The topological polar surface area (TPSA) is 40.5 Å². The fourth-order valence-electron chi connectivity index (χ4n) is 2.65. The Morgan fingerprint density at radius 2 is 1.95 bits per heavy atom. The number of amides is 1. The Balaban J connectivity index is 1.52. The van der Waals surface area contributed by atoms with E-state index in [1.165, 1.54) is 11.3 Å². The second-order valence-electron chi connectivity index (χ2n) is 5.63. The van der Waals surface area contributed by atoms with Gasteiger partial charge in [-0.05, 0) is 30.6 Å². The molecule has 0 aromatic carbocycles. The van der Waals surface area contributed by atoms with E-state index in [9.17, 15) is 4.79 Å². The molecule has 5 nitrogen and oxygen atoms in total. The molecule has 0 unspecified atom stereocenters. The van der Waals surface area contributed by atoms with Crippen LogP contribution in [0.1, 0.15) is 9.67 Å². The summed E-state index contributed by atoms with van der Waals surface area (Å²) in [6, 6.07) is 5.92. The number of hydrogen-bond donors (Lipinski definition) is 1. The third-order valence-electron chi connectivity index (χ3n) is 4.04. The van der Waals surface area contributed by atoms with Crippen LogP contribution in [-0.2, 0) is 0 Å². The minimum atomic E-state index is 0.0211. The first-order chi connectivity index (χ1) is 10.7. The number of rotatable bonds is 5. The molecule has 1 fully saturated rings. The van der Waals surface area contributed by atoms with Crippen LogP contribution in [0, 0.1) is 0 Å². The van der Waals surface area contributed by atoms with Crippen molar-refractivity contribution in [2.24, 2.45) is 0 Å². The molecule has 0 radical (unpaired) electrons. The molecule has 0 aliphatic carbocycles. The number of hydrogen-bond acceptors (Lipinski definition) is 4. The van der Waals surface area contributed by atoms with E-state index in [4.69, 9.17) is 0 Å². The summed E-state index contributed by atoms with van der Waals surface area (Å²) in [4.78, 5) is 17.9. The van der Waals surface area contributed by atoms with E-state index in [1.807, 2.05) is 40.5 Å². The van der Waals surface area contributed by atoms with E-state index >= 15 is 0 Å². The SMILES string of the molecule is CN1CCN(CCNC(=O)c2sccc2-n2cccc2)CC1. The lowest BCUT2D eigenvalue weighted by molar-refractivity contribution is 0.0945. The van der Waals surface area contributed by atoms with Crippen molar-refractivity contribution in [2.45, 2.75) is 0 Å². The van der Waals surface area contributed by atoms with E-state index < -0.39 is 0 Å². The average Bonchev–Trinajstić information content (AvgIpc) is 3.19. The number of piperazine rings is 1. The number of aromatic nitrogens is 1. The van der Waals surface area contributed by atoms with E-state index in [-0.39, 0.29) is 5.91 Å². The van der Waals surface area contributed by atoms with Gasteiger partial charge in [-0.3, -0.25) is 9.69 Å². The summed E-state index contributed by atoms with van der Waals surface area (Å²) in [5.41, 5.74) is 0.951. The molecular weight excluding hydrogens is 296 g/mol. The summed E-state index contributed by atoms with van der Waals surface area (Å²) in [6.45, 7) is 6.00. The van der Waals surface area contributed by atoms with Crippen molar-refractivity contribution in [3.05, 3.63) is 40.8 Å². The molecule has 0 bridgehead atoms. The van der Waals surface area contributed by atoms with Crippen LogP contribution in [0.3, 0.4) is 0 Å². The summed E-state index contributed by atoms with van der Waals surface area (Å²) in [5.74, 6) is 0.0211. The van der Waals surface area contributed by atoms with Crippen molar-refractivity contribution in [3.63, 3.8) is 0 Å². The fourth-order valence-corrected chi connectivity index (χ4v) is 3.46. The van der Waals surface area contributed by atoms with Crippen LogP contribution in [0.2, 0.25) is 0 Å². The van der Waals surface area contributed by atoms with Crippen LogP contribution in [0.25, 0.3) is 5.69 Å². The molecule has 1 aliphatic rings. The average molecular weight is 318 g/mol. The van der Waals surface area contributed by atoms with Gasteiger partial charge in [0.25, 0.3) is 5.91 Å². The molecule has 1 saturated heterocycles. The second kappa shape index (κ2) is 7.09. The Labute approximate surface area is 135 Å². The van der Waals surface area contributed by atoms with Gasteiger partial charge in [-0.2, -0.15) is 0 Å². The predicted octanol–water partition coefficient (Wildman–Crippen LogP) is 1.52. The molecule has 0 atom stereocenters. The standard InChI is InChI=1S/C16H22N4OS/c1-18-9-11-19(12-10-18)8-5-17-16(21)15-14(4-13-22-15)20-6-2-3-7-20/h2-4,6-7,13H,5,8-12H2,1H3,(H,17,21). The summed E-state index contributed by atoms with van der Waals surface area (Å²) >= 11 is 1.49. The summed E-state index contributed by atoms with van der Waals surface area (Å²) in [6.07, 6.45) is 3.92. The highest BCUT2D eigenvalue weighted by Crippen LogP contribution is 2.21. The third kappa shape index (κ3) is 3.58. The van der Waals surface area contributed by atoms with E-state index in [2.05, 4.69) is 22.2 Å². The lowest BCUT2D eigenvalue weighted by atomic mass is 10.3. The maximum absolute atomic E-state index is 12.4. The lowest BCUT2D eigenvalue weighted by Crippen LogP contribution is -2.46. The van der Waals surface area contributed by atoms with Gasteiger partial charge >= 0.3 is 0 Å². The zero-order valence-electron chi connectivity index (χ0n) is 12.9. The molecule has 22 heavy (non-hydrogen) atoms.